The average molecular weight is 326 g/mol. The molecule has 122 valence electrons. The van der Waals surface area contributed by atoms with Crippen LogP contribution in [0.1, 0.15) is 22.5 Å². The van der Waals surface area contributed by atoms with Crippen LogP contribution < -0.4 is 10.1 Å². The number of nitrogens with zero attached hydrogens (tertiary/aromatic N) is 1. The predicted octanol–water partition coefficient (Wildman–Crippen LogP) is 1.69. The third-order valence-electron chi connectivity index (χ3n) is 4.35. The molecule has 2 aromatic rings. The summed E-state index contributed by atoms with van der Waals surface area (Å²) in [6.07, 6.45) is 1.69. The summed E-state index contributed by atoms with van der Waals surface area (Å²) in [5.41, 5.74) is -0.558. The minimum absolute atomic E-state index is 0.115. The Kier molecular flexibility index (Phi) is 3.16. The molecule has 1 atom stereocenters. The van der Waals surface area contributed by atoms with Crippen LogP contribution in [-0.2, 0) is 10.3 Å². The third kappa shape index (κ3) is 2.01. The maximum absolute atomic E-state index is 13.0. The van der Waals surface area contributed by atoms with Gasteiger partial charge in [0.05, 0.1) is 19.4 Å². The van der Waals surface area contributed by atoms with Gasteiger partial charge in [-0.1, -0.05) is 18.2 Å². The Labute approximate surface area is 137 Å². The van der Waals surface area contributed by atoms with Crippen LogP contribution in [0.5, 0.6) is 5.75 Å². The van der Waals surface area contributed by atoms with Gasteiger partial charge in [-0.05, 0) is 18.2 Å². The van der Waals surface area contributed by atoms with E-state index >= 15 is 0 Å². The zero-order chi connectivity index (χ0) is 16.7. The highest BCUT2D eigenvalue weighted by atomic mass is 16.5. The molecule has 4 rings (SSSR count). The van der Waals surface area contributed by atoms with Crippen LogP contribution in [-0.4, -0.2) is 35.8 Å². The highest BCUT2D eigenvalue weighted by molar-refractivity contribution is 6.11. The van der Waals surface area contributed by atoms with Gasteiger partial charge in [0.15, 0.2) is 11.3 Å². The number of hydrogen-bond donors (Lipinski definition) is 1. The van der Waals surface area contributed by atoms with Gasteiger partial charge < -0.3 is 14.5 Å². The van der Waals surface area contributed by atoms with Crippen LogP contribution in [0.4, 0.5) is 4.79 Å². The van der Waals surface area contributed by atoms with Crippen molar-refractivity contribution in [1.82, 2.24) is 10.2 Å². The normalized spacial score (nSPS) is 22.2. The highest BCUT2D eigenvalue weighted by Gasteiger charge is 2.55. The molecule has 0 aliphatic carbocycles. The van der Waals surface area contributed by atoms with Crippen molar-refractivity contribution in [3.63, 3.8) is 0 Å². The van der Waals surface area contributed by atoms with E-state index in [1.165, 1.54) is 12.3 Å². The lowest BCUT2D eigenvalue weighted by molar-refractivity contribution is -0.132. The van der Waals surface area contributed by atoms with Crippen molar-refractivity contribution in [3.05, 3.63) is 54.0 Å². The number of Topliss-reactive ketones (excluding diaryl/α,β-unsaturated/α-hetero) is 1. The zero-order valence-electron chi connectivity index (χ0n) is 12.7. The lowest BCUT2D eigenvalue weighted by Crippen LogP contribution is -2.47. The smallest absolute Gasteiger partial charge is 0.325 e. The molecule has 7 heteroatoms. The van der Waals surface area contributed by atoms with E-state index in [4.69, 9.17) is 9.15 Å². The number of ether oxygens (including phenoxy) is 1. The van der Waals surface area contributed by atoms with Gasteiger partial charge in [-0.3, -0.25) is 14.5 Å². The summed E-state index contributed by atoms with van der Waals surface area (Å²) < 4.78 is 10.6. The number of carbonyl (C=O) groups is 3. The molecule has 1 aromatic heterocycles. The van der Waals surface area contributed by atoms with Gasteiger partial charge in [-0.15, -0.1) is 0 Å². The van der Waals surface area contributed by atoms with E-state index in [1.807, 2.05) is 0 Å². The second-order valence-corrected chi connectivity index (χ2v) is 5.72. The lowest BCUT2D eigenvalue weighted by Gasteiger charge is -2.33. The summed E-state index contributed by atoms with van der Waals surface area (Å²) in [6, 6.07) is 9.59. The van der Waals surface area contributed by atoms with E-state index < -0.39 is 23.3 Å². The number of nitrogens with one attached hydrogen (secondary N) is 1. The van der Waals surface area contributed by atoms with E-state index in [0.29, 0.717) is 24.3 Å². The number of ketones is 1. The second kappa shape index (κ2) is 5.23. The van der Waals surface area contributed by atoms with Crippen molar-refractivity contribution >= 4 is 17.7 Å². The molecule has 1 spiro atoms. The standard InChI is InChI=1S/C17H14N2O5/c20-12(14-6-3-8-23-14)10-19-15(21)17(18-16(19)22)7-9-24-13-5-2-1-4-11(13)17/h1-6,8H,7,9-10H2,(H,18,22)/t17-/m1/s1. The van der Waals surface area contributed by atoms with Crippen molar-refractivity contribution in [2.45, 2.75) is 12.0 Å². The first kappa shape index (κ1) is 14.5. The number of rotatable bonds is 3. The first-order valence-electron chi connectivity index (χ1n) is 7.55. The van der Waals surface area contributed by atoms with Crippen molar-refractivity contribution in [2.75, 3.05) is 13.2 Å². The van der Waals surface area contributed by atoms with Crippen molar-refractivity contribution < 1.29 is 23.5 Å². The predicted molar refractivity (Wildman–Crippen MR) is 81.5 cm³/mol. The molecule has 1 aromatic carbocycles. The molecule has 2 aliphatic heterocycles. The molecule has 3 heterocycles. The molecule has 24 heavy (non-hydrogen) atoms. The summed E-state index contributed by atoms with van der Waals surface area (Å²) >= 11 is 0. The van der Waals surface area contributed by atoms with Crippen LogP contribution >= 0.6 is 0 Å². The number of fused-ring (bicyclic) bond motifs is 2. The Balaban J connectivity index is 1.66. The third-order valence-corrected chi connectivity index (χ3v) is 4.35. The van der Waals surface area contributed by atoms with E-state index in [2.05, 4.69) is 5.32 Å². The molecular weight excluding hydrogens is 312 g/mol. The minimum Gasteiger partial charge on any atom is -0.493 e. The highest BCUT2D eigenvalue weighted by Crippen LogP contribution is 2.40. The maximum Gasteiger partial charge on any atom is 0.325 e. The first-order chi connectivity index (χ1) is 11.6. The Morgan fingerprint density at radius 2 is 2.04 bits per heavy atom. The topological polar surface area (TPSA) is 88.9 Å². The molecule has 3 amide bonds. The molecule has 1 fully saturated rings. The Hall–Kier alpha value is -3.09. The molecule has 7 nitrogen and oxygen atoms in total. The molecule has 1 saturated heterocycles. The summed E-state index contributed by atoms with van der Waals surface area (Å²) in [6.45, 7) is -0.0496. The lowest BCUT2D eigenvalue weighted by atomic mass is 9.84. The van der Waals surface area contributed by atoms with Gasteiger partial charge in [0.25, 0.3) is 5.91 Å². The van der Waals surface area contributed by atoms with Crippen LogP contribution in [0, 0.1) is 0 Å². The maximum atomic E-state index is 13.0. The van der Waals surface area contributed by atoms with Gasteiger partial charge >= 0.3 is 6.03 Å². The van der Waals surface area contributed by atoms with Crippen molar-refractivity contribution in [1.29, 1.82) is 0 Å². The summed E-state index contributed by atoms with van der Waals surface area (Å²) in [5.74, 6) is -0.190. The molecule has 0 bridgehead atoms. The fourth-order valence-electron chi connectivity index (χ4n) is 3.17. The Bertz CT molecular complexity index is 829. The van der Waals surface area contributed by atoms with E-state index in [0.717, 1.165) is 4.90 Å². The largest absolute Gasteiger partial charge is 0.493 e. The minimum atomic E-state index is -1.17. The van der Waals surface area contributed by atoms with Gasteiger partial charge in [-0.25, -0.2) is 4.79 Å². The van der Waals surface area contributed by atoms with E-state index in [-0.39, 0.29) is 12.3 Å². The molecule has 2 aliphatic rings. The van der Waals surface area contributed by atoms with Crippen LogP contribution in [0.3, 0.4) is 0 Å². The SMILES string of the molecule is O=C(CN1C(=O)N[C@@]2(CCOc3ccccc32)C1=O)c1ccco1. The number of imide groups is 1. The summed E-state index contributed by atoms with van der Waals surface area (Å²) in [7, 11) is 0. The molecular formula is C17H14N2O5. The number of benzene rings is 1. The van der Waals surface area contributed by atoms with Crippen molar-refractivity contribution in [3.8, 4) is 5.75 Å². The van der Waals surface area contributed by atoms with Gasteiger partial charge in [0.2, 0.25) is 5.78 Å². The second-order valence-electron chi connectivity index (χ2n) is 5.72. The van der Waals surface area contributed by atoms with E-state index in [9.17, 15) is 14.4 Å². The summed E-state index contributed by atoms with van der Waals surface area (Å²) in [4.78, 5) is 38.4. The monoisotopic (exact) mass is 326 g/mol. The number of furan rings is 1. The molecule has 0 radical (unpaired) electrons. The quantitative estimate of drug-likeness (QED) is 0.685. The Morgan fingerprint density at radius 3 is 2.83 bits per heavy atom. The number of carbonyl (C=O) groups excluding carboxylic acids is 3. The van der Waals surface area contributed by atoms with Crippen molar-refractivity contribution in [2.24, 2.45) is 0 Å². The fraction of sp³-hybridized carbons (Fsp3) is 0.235. The van der Waals surface area contributed by atoms with Gasteiger partial charge in [-0.2, -0.15) is 0 Å². The van der Waals surface area contributed by atoms with E-state index in [1.54, 1.807) is 30.3 Å². The number of para-hydroxylation sites is 1. The van der Waals surface area contributed by atoms with Gasteiger partial charge in [0.1, 0.15) is 5.75 Å². The molecule has 1 N–H and O–H groups in total. The van der Waals surface area contributed by atoms with Crippen LogP contribution in [0.25, 0.3) is 0 Å². The average Bonchev–Trinajstić information content (AvgIpc) is 3.20. The van der Waals surface area contributed by atoms with Gasteiger partial charge in [0, 0.05) is 12.0 Å². The molecule has 0 unspecified atom stereocenters. The van der Waals surface area contributed by atoms with Crippen LogP contribution in [0.2, 0.25) is 0 Å². The molecule has 0 saturated carbocycles. The number of urea groups is 1. The Morgan fingerprint density at radius 1 is 1.21 bits per heavy atom. The van der Waals surface area contributed by atoms with Crippen LogP contribution in [0.15, 0.2) is 47.1 Å². The first-order valence-corrected chi connectivity index (χ1v) is 7.55. The fourth-order valence-corrected chi connectivity index (χ4v) is 3.17. The summed E-state index contributed by atoms with van der Waals surface area (Å²) in [5, 5.41) is 2.75. The zero-order valence-corrected chi connectivity index (χ0v) is 12.7. The number of amides is 3. The number of hydrogen-bond acceptors (Lipinski definition) is 5.